The molecule has 7 heteroatoms. The Morgan fingerprint density at radius 1 is 1.29 bits per heavy atom. The zero-order valence-electron chi connectivity index (χ0n) is 17.9. The number of methoxy groups -OCH3 is 1. The highest BCUT2D eigenvalue weighted by Gasteiger charge is 2.53. The summed E-state index contributed by atoms with van der Waals surface area (Å²) in [7, 11) is 1.47. The van der Waals surface area contributed by atoms with Crippen LogP contribution in [0.2, 0.25) is 0 Å². The van der Waals surface area contributed by atoms with Crippen LogP contribution in [0.1, 0.15) is 47.3 Å². The normalized spacial score (nSPS) is 25.7. The Morgan fingerprint density at radius 2 is 2.10 bits per heavy atom. The van der Waals surface area contributed by atoms with Gasteiger partial charge in [-0.05, 0) is 54.2 Å². The van der Waals surface area contributed by atoms with Gasteiger partial charge >= 0.3 is 5.69 Å². The van der Waals surface area contributed by atoms with Crippen molar-refractivity contribution in [3.8, 4) is 5.75 Å². The Hall–Kier alpha value is -3.22. The molecule has 0 unspecified atom stereocenters. The van der Waals surface area contributed by atoms with Crippen LogP contribution >= 0.6 is 0 Å². The number of ether oxygens (including phenoxy) is 1. The van der Waals surface area contributed by atoms with E-state index in [2.05, 4.69) is 18.8 Å². The monoisotopic (exact) mass is 419 g/mol. The Labute approximate surface area is 180 Å². The first kappa shape index (κ1) is 19.7. The summed E-state index contributed by atoms with van der Waals surface area (Å²) >= 11 is 0. The molecule has 0 N–H and O–H groups in total. The molecular formula is C24H25N3O4. The Balaban J connectivity index is 1.54. The molecule has 0 radical (unpaired) electrons. The van der Waals surface area contributed by atoms with Crippen molar-refractivity contribution in [2.75, 3.05) is 13.7 Å². The fourth-order valence-electron chi connectivity index (χ4n) is 5.74. The van der Waals surface area contributed by atoms with Crippen molar-refractivity contribution < 1.29 is 14.5 Å². The summed E-state index contributed by atoms with van der Waals surface area (Å²) in [6, 6.07) is 9.33. The van der Waals surface area contributed by atoms with Crippen molar-refractivity contribution in [1.82, 2.24) is 4.90 Å². The lowest BCUT2D eigenvalue weighted by Gasteiger charge is -2.54. The van der Waals surface area contributed by atoms with Crippen LogP contribution < -0.4 is 4.74 Å². The molecule has 2 aliphatic heterocycles. The van der Waals surface area contributed by atoms with Crippen LogP contribution in [0.4, 0.5) is 11.4 Å². The van der Waals surface area contributed by atoms with E-state index in [1.54, 1.807) is 6.07 Å². The molecule has 0 spiro atoms. The summed E-state index contributed by atoms with van der Waals surface area (Å²) in [5, 5.41) is 12.0. The second-order valence-corrected chi connectivity index (χ2v) is 8.99. The van der Waals surface area contributed by atoms with Gasteiger partial charge in [-0.15, -0.1) is 0 Å². The molecule has 2 heterocycles. The number of nitrogens with zero attached hydrogens (tertiary/aromatic N) is 3. The van der Waals surface area contributed by atoms with Gasteiger partial charge in [0, 0.05) is 41.8 Å². The van der Waals surface area contributed by atoms with Gasteiger partial charge in [-0.3, -0.25) is 19.9 Å². The van der Waals surface area contributed by atoms with Crippen LogP contribution in [-0.4, -0.2) is 41.6 Å². The molecule has 3 aliphatic rings. The summed E-state index contributed by atoms with van der Waals surface area (Å²) < 4.78 is 5.33. The number of nitro benzene ring substituents is 1. The number of nitro groups is 1. The van der Waals surface area contributed by atoms with Crippen LogP contribution in [0.5, 0.6) is 5.75 Å². The predicted molar refractivity (Wildman–Crippen MR) is 118 cm³/mol. The fourth-order valence-corrected chi connectivity index (χ4v) is 5.74. The number of benzene rings is 2. The number of rotatable bonds is 3. The minimum atomic E-state index is -0.391. The average Bonchev–Trinajstić information content (AvgIpc) is 3.23. The highest BCUT2D eigenvalue weighted by molar-refractivity contribution is 5.96. The van der Waals surface area contributed by atoms with Crippen molar-refractivity contribution in [2.45, 2.75) is 44.6 Å². The Kier molecular flexibility index (Phi) is 4.39. The lowest BCUT2D eigenvalue weighted by Crippen LogP contribution is -2.59. The number of aliphatic imine (C=N–C) groups is 1. The zero-order chi connectivity index (χ0) is 21.9. The quantitative estimate of drug-likeness (QED) is 0.551. The Morgan fingerprint density at radius 3 is 2.84 bits per heavy atom. The zero-order valence-corrected chi connectivity index (χ0v) is 17.9. The molecule has 1 aliphatic carbocycles. The van der Waals surface area contributed by atoms with Gasteiger partial charge in [-0.2, -0.15) is 0 Å². The number of hydrogen-bond donors (Lipinski definition) is 0. The van der Waals surface area contributed by atoms with Gasteiger partial charge in [0.15, 0.2) is 5.75 Å². The fraction of sp³-hybridized carbons (Fsp3) is 0.417. The first-order valence-electron chi connectivity index (χ1n) is 10.7. The molecule has 0 saturated carbocycles. The topological polar surface area (TPSA) is 85.0 Å². The van der Waals surface area contributed by atoms with Crippen LogP contribution in [0, 0.1) is 16.0 Å². The van der Waals surface area contributed by atoms with E-state index < -0.39 is 5.41 Å². The van der Waals surface area contributed by atoms with Gasteiger partial charge in [-0.25, -0.2) is 0 Å². The number of hydrogen-bond acceptors (Lipinski definition) is 5. The Bertz CT molecular complexity index is 1140. The van der Waals surface area contributed by atoms with Crippen LogP contribution in [0.15, 0.2) is 35.3 Å². The standard InChI is InChI=1S/C24H25N3O4/c1-14-19-13-16-5-7-20(31-3)22(27(29)30)21(16)24(14,2)9-11-26(19)23(28)17-4-6-18-15(12-17)8-10-25-18/h4-7,10,12,14,19H,8-9,11,13H2,1-3H3/t14-,19-,24-/m1/s1. The van der Waals surface area contributed by atoms with E-state index in [-0.39, 0.29) is 28.5 Å². The van der Waals surface area contributed by atoms with Gasteiger partial charge in [0.2, 0.25) is 0 Å². The minimum Gasteiger partial charge on any atom is -0.490 e. The molecule has 3 atom stereocenters. The number of piperidine rings is 1. The maximum Gasteiger partial charge on any atom is 0.314 e. The van der Waals surface area contributed by atoms with E-state index in [0.29, 0.717) is 30.7 Å². The molecule has 2 aromatic carbocycles. The molecule has 0 aromatic heterocycles. The van der Waals surface area contributed by atoms with Crippen LogP contribution in [0.3, 0.4) is 0 Å². The third-order valence-corrected chi connectivity index (χ3v) is 7.61. The van der Waals surface area contributed by atoms with Gasteiger partial charge < -0.3 is 9.64 Å². The van der Waals surface area contributed by atoms with Crippen molar-refractivity contribution in [1.29, 1.82) is 0 Å². The number of carbonyl (C=O) groups excluding carboxylic acids is 1. The lowest BCUT2D eigenvalue weighted by molar-refractivity contribution is -0.387. The highest BCUT2D eigenvalue weighted by atomic mass is 16.6. The number of amides is 1. The average molecular weight is 419 g/mol. The molecule has 5 rings (SSSR count). The molecule has 1 saturated heterocycles. The first-order chi connectivity index (χ1) is 14.8. The van der Waals surface area contributed by atoms with Gasteiger partial charge in [0.05, 0.1) is 17.7 Å². The summed E-state index contributed by atoms with van der Waals surface area (Å²) in [5.74, 6) is 0.413. The smallest absolute Gasteiger partial charge is 0.314 e. The van der Waals surface area contributed by atoms with Crippen molar-refractivity contribution in [3.05, 3.63) is 62.7 Å². The largest absolute Gasteiger partial charge is 0.490 e. The van der Waals surface area contributed by atoms with E-state index in [1.165, 1.54) is 7.11 Å². The number of carbonyl (C=O) groups is 1. The molecule has 1 fully saturated rings. The third-order valence-electron chi connectivity index (χ3n) is 7.61. The molecule has 31 heavy (non-hydrogen) atoms. The highest BCUT2D eigenvalue weighted by Crippen LogP contribution is 2.53. The van der Waals surface area contributed by atoms with E-state index in [9.17, 15) is 14.9 Å². The van der Waals surface area contributed by atoms with Gasteiger partial charge in [0.1, 0.15) is 0 Å². The second kappa shape index (κ2) is 6.90. The number of likely N-dealkylation sites (tertiary alicyclic amines) is 1. The lowest BCUT2D eigenvalue weighted by atomic mass is 9.58. The maximum atomic E-state index is 13.5. The molecule has 160 valence electrons. The third kappa shape index (κ3) is 2.79. The molecule has 7 nitrogen and oxygen atoms in total. The summed E-state index contributed by atoms with van der Waals surface area (Å²) in [6.45, 7) is 4.79. The van der Waals surface area contributed by atoms with Gasteiger partial charge in [-0.1, -0.05) is 19.9 Å². The summed E-state index contributed by atoms with van der Waals surface area (Å²) in [6.07, 6.45) is 3.90. The van der Waals surface area contributed by atoms with Crippen molar-refractivity contribution >= 4 is 23.5 Å². The van der Waals surface area contributed by atoms with E-state index in [1.807, 2.05) is 35.4 Å². The van der Waals surface area contributed by atoms with Gasteiger partial charge in [0.25, 0.3) is 5.91 Å². The SMILES string of the molecule is COc1ccc2c(c1[N+](=O)[O-])[C@]1(C)CCN(C(=O)c3ccc4c(c3)CC=N4)[C@H](C2)[C@H]1C. The molecular weight excluding hydrogens is 394 g/mol. The minimum absolute atomic E-state index is 0.00347. The second-order valence-electron chi connectivity index (χ2n) is 8.99. The molecule has 1 amide bonds. The van der Waals surface area contributed by atoms with Crippen molar-refractivity contribution in [3.63, 3.8) is 0 Å². The van der Waals surface area contributed by atoms with Crippen LogP contribution in [-0.2, 0) is 18.3 Å². The molecule has 2 bridgehead atoms. The maximum absolute atomic E-state index is 13.5. The number of fused-ring (bicyclic) bond motifs is 5. The molecule has 2 aromatic rings. The van der Waals surface area contributed by atoms with E-state index in [4.69, 9.17) is 4.74 Å². The van der Waals surface area contributed by atoms with Crippen LogP contribution in [0.25, 0.3) is 0 Å². The summed E-state index contributed by atoms with van der Waals surface area (Å²) in [4.78, 5) is 31.4. The van der Waals surface area contributed by atoms with E-state index in [0.717, 1.165) is 28.8 Å². The summed E-state index contributed by atoms with van der Waals surface area (Å²) in [5.41, 5.74) is 4.11. The predicted octanol–water partition coefficient (Wildman–Crippen LogP) is 4.23. The van der Waals surface area contributed by atoms with E-state index >= 15 is 0 Å². The van der Waals surface area contributed by atoms with Crippen molar-refractivity contribution in [2.24, 2.45) is 10.9 Å². The first-order valence-corrected chi connectivity index (χ1v) is 10.7.